The molecule has 5 heteroatoms. The molecule has 110 valence electrons. The first-order chi connectivity index (χ1) is 9.04. The summed E-state index contributed by atoms with van der Waals surface area (Å²) < 4.78 is 10.5. The summed E-state index contributed by atoms with van der Waals surface area (Å²) in [4.78, 5) is 25.3. The minimum atomic E-state index is -0.353. The van der Waals surface area contributed by atoms with Crippen LogP contribution in [0, 0.1) is 0 Å². The largest absolute Gasteiger partial charge is 0.465 e. The van der Waals surface area contributed by atoms with E-state index in [1.54, 1.807) is 11.8 Å². The van der Waals surface area contributed by atoms with E-state index in [1.807, 2.05) is 13.8 Å². The number of ether oxygens (including phenoxy) is 2. The number of rotatable bonds is 6. The second-order valence-corrected chi connectivity index (χ2v) is 5.11. The molecule has 19 heavy (non-hydrogen) atoms. The zero-order chi connectivity index (χ0) is 14.3. The molecule has 0 aromatic heterocycles. The molecule has 1 aliphatic heterocycles. The minimum Gasteiger partial charge on any atom is -0.465 e. The van der Waals surface area contributed by atoms with Crippen molar-refractivity contribution in [2.24, 2.45) is 0 Å². The van der Waals surface area contributed by atoms with Gasteiger partial charge in [-0.2, -0.15) is 0 Å². The van der Waals surface area contributed by atoms with Gasteiger partial charge in [-0.3, -0.25) is 9.59 Å². The standard InChI is InChI=1S/C14H25NO4/c1-4-18-14(17)10-15(11(2)3)13(16)9-12-7-5-6-8-19-12/h11-12H,4-10H2,1-3H3. The van der Waals surface area contributed by atoms with Gasteiger partial charge in [-0.15, -0.1) is 0 Å². The molecule has 0 aromatic carbocycles. The second kappa shape index (κ2) is 8.15. The zero-order valence-electron chi connectivity index (χ0n) is 12.2. The molecule has 5 nitrogen and oxygen atoms in total. The highest BCUT2D eigenvalue weighted by Crippen LogP contribution is 2.17. The fourth-order valence-corrected chi connectivity index (χ4v) is 2.18. The Morgan fingerprint density at radius 2 is 2.11 bits per heavy atom. The summed E-state index contributed by atoms with van der Waals surface area (Å²) in [5, 5.41) is 0. The van der Waals surface area contributed by atoms with E-state index in [0.29, 0.717) is 13.0 Å². The predicted octanol–water partition coefficient (Wildman–Crippen LogP) is 1.75. The van der Waals surface area contributed by atoms with Crippen molar-refractivity contribution in [1.82, 2.24) is 4.90 Å². The van der Waals surface area contributed by atoms with Gasteiger partial charge < -0.3 is 14.4 Å². The Kier molecular flexibility index (Phi) is 6.84. The summed E-state index contributed by atoms with van der Waals surface area (Å²) in [6, 6.07) is -0.0134. The number of carbonyl (C=O) groups excluding carboxylic acids is 2. The van der Waals surface area contributed by atoms with E-state index in [9.17, 15) is 9.59 Å². The van der Waals surface area contributed by atoms with E-state index in [-0.39, 0.29) is 30.6 Å². The second-order valence-electron chi connectivity index (χ2n) is 5.11. The van der Waals surface area contributed by atoms with Crippen molar-refractivity contribution in [1.29, 1.82) is 0 Å². The molecule has 1 rings (SSSR count). The molecule has 1 aliphatic rings. The van der Waals surface area contributed by atoms with Crippen LogP contribution in [0.4, 0.5) is 0 Å². The number of hydrogen-bond donors (Lipinski definition) is 0. The van der Waals surface area contributed by atoms with Crippen molar-refractivity contribution in [3.63, 3.8) is 0 Å². The Labute approximate surface area is 115 Å². The number of amides is 1. The molecule has 0 spiro atoms. The lowest BCUT2D eigenvalue weighted by Gasteiger charge is -2.29. The fraction of sp³-hybridized carbons (Fsp3) is 0.857. The van der Waals surface area contributed by atoms with Crippen molar-refractivity contribution < 1.29 is 19.1 Å². The van der Waals surface area contributed by atoms with Crippen LogP contribution in [0.5, 0.6) is 0 Å². The van der Waals surface area contributed by atoms with Crippen molar-refractivity contribution >= 4 is 11.9 Å². The van der Waals surface area contributed by atoms with E-state index in [2.05, 4.69) is 0 Å². The van der Waals surface area contributed by atoms with Crippen LogP contribution < -0.4 is 0 Å². The van der Waals surface area contributed by atoms with Crippen molar-refractivity contribution in [2.45, 2.75) is 58.6 Å². The highest BCUT2D eigenvalue weighted by atomic mass is 16.5. The number of esters is 1. The van der Waals surface area contributed by atoms with E-state index in [1.165, 1.54) is 0 Å². The third-order valence-corrected chi connectivity index (χ3v) is 3.22. The SMILES string of the molecule is CCOC(=O)CN(C(=O)CC1CCCCO1)C(C)C. The van der Waals surface area contributed by atoms with Crippen LogP contribution in [-0.2, 0) is 19.1 Å². The average molecular weight is 271 g/mol. The fourth-order valence-electron chi connectivity index (χ4n) is 2.18. The van der Waals surface area contributed by atoms with Crippen LogP contribution in [0.1, 0.15) is 46.5 Å². The molecular weight excluding hydrogens is 246 g/mol. The smallest absolute Gasteiger partial charge is 0.325 e. The lowest BCUT2D eigenvalue weighted by atomic mass is 10.1. The molecule has 0 saturated carbocycles. The van der Waals surface area contributed by atoms with Gasteiger partial charge in [0.05, 0.1) is 19.1 Å². The molecular formula is C14H25NO4. The highest BCUT2D eigenvalue weighted by Gasteiger charge is 2.25. The van der Waals surface area contributed by atoms with Gasteiger partial charge in [0.1, 0.15) is 6.54 Å². The first-order valence-corrected chi connectivity index (χ1v) is 7.11. The number of nitrogens with zero attached hydrogens (tertiary/aromatic N) is 1. The molecule has 0 bridgehead atoms. The van der Waals surface area contributed by atoms with Gasteiger partial charge in [0.15, 0.2) is 0 Å². The molecule has 0 N–H and O–H groups in total. The van der Waals surface area contributed by atoms with E-state index in [4.69, 9.17) is 9.47 Å². The zero-order valence-corrected chi connectivity index (χ0v) is 12.2. The van der Waals surface area contributed by atoms with Crippen LogP contribution in [0.15, 0.2) is 0 Å². The number of carbonyl (C=O) groups is 2. The van der Waals surface area contributed by atoms with Gasteiger partial charge in [0, 0.05) is 12.6 Å². The molecule has 0 aliphatic carbocycles. The maximum Gasteiger partial charge on any atom is 0.325 e. The monoisotopic (exact) mass is 271 g/mol. The summed E-state index contributed by atoms with van der Waals surface area (Å²) in [7, 11) is 0. The summed E-state index contributed by atoms with van der Waals surface area (Å²) in [5.41, 5.74) is 0. The normalized spacial score (nSPS) is 19.3. The van der Waals surface area contributed by atoms with E-state index >= 15 is 0 Å². The summed E-state index contributed by atoms with van der Waals surface area (Å²) in [6.07, 6.45) is 3.47. The Morgan fingerprint density at radius 1 is 1.37 bits per heavy atom. The van der Waals surface area contributed by atoms with Gasteiger partial charge >= 0.3 is 5.97 Å². The van der Waals surface area contributed by atoms with Crippen molar-refractivity contribution in [3.8, 4) is 0 Å². The molecule has 1 atom stereocenters. The highest BCUT2D eigenvalue weighted by molar-refractivity contribution is 5.82. The van der Waals surface area contributed by atoms with Crippen LogP contribution in [0.2, 0.25) is 0 Å². The third-order valence-electron chi connectivity index (χ3n) is 3.22. The summed E-state index contributed by atoms with van der Waals surface area (Å²) in [5.74, 6) is -0.385. The number of hydrogen-bond acceptors (Lipinski definition) is 4. The molecule has 0 radical (unpaired) electrons. The van der Waals surface area contributed by atoms with Gasteiger partial charge in [-0.1, -0.05) is 0 Å². The van der Waals surface area contributed by atoms with Crippen LogP contribution in [-0.4, -0.2) is 48.7 Å². The average Bonchev–Trinajstić information content (AvgIpc) is 2.37. The van der Waals surface area contributed by atoms with Crippen LogP contribution >= 0.6 is 0 Å². The van der Waals surface area contributed by atoms with E-state index in [0.717, 1.165) is 25.9 Å². The Balaban J connectivity index is 2.49. The van der Waals surface area contributed by atoms with Gasteiger partial charge in [-0.25, -0.2) is 0 Å². The molecule has 1 unspecified atom stereocenters. The molecule has 0 aromatic rings. The van der Waals surface area contributed by atoms with Crippen molar-refractivity contribution in [2.75, 3.05) is 19.8 Å². The molecule has 1 fully saturated rings. The van der Waals surface area contributed by atoms with Gasteiger partial charge in [-0.05, 0) is 40.0 Å². The Hall–Kier alpha value is -1.10. The molecule has 1 saturated heterocycles. The summed E-state index contributed by atoms with van der Waals surface area (Å²) in [6.45, 7) is 6.66. The van der Waals surface area contributed by atoms with Crippen LogP contribution in [0.3, 0.4) is 0 Å². The third kappa shape index (κ3) is 5.59. The topological polar surface area (TPSA) is 55.8 Å². The minimum absolute atomic E-state index is 0.00435. The first kappa shape index (κ1) is 16.0. The lowest BCUT2D eigenvalue weighted by molar-refractivity contribution is -0.151. The first-order valence-electron chi connectivity index (χ1n) is 7.11. The Bertz CT molecular complexity index is 298. The maximum atomic E-state index is 12.2. The van der Waals surface area contributed by atoms with Crippen molar-refractivity contribution in [3.05, 3.63) is 0 Å². The lowest BCUT2D eigenvalue weighted by Crippen LogP contribution is -2.43. The predicted molar refractivity (Wildman–Crippen MR) is 71.7 cm³/mol. The maximum absolute atomic E-state index is 12.2. The van der Waals surface area contributed by atoms with Gasteiger partial charge in [0.2, 0.25) is 5.91 Å². The molecule has 1 amide bonds. The van der Waals surface area contributed by atoms with Crippen LogP contribution in [0.25, 0.3) is 0 Å². The summed E-state index contributed by atoms with van der Waals surface area (Å²) >= 11 is 0. The quantitative estimate of drug-likeness (QED) is 0.691. The van der Waals surface area contributed by atoms with E-state index < -0.39 is 0 Å². The Morgan fingerprint density at radius 3 is 2.63 bits per heavy atom. The molecule has 1 heterocycles. The van der Waals surface area contributed by atoms with Gasteiger partial charge in [0.25, 0.3) is 0 Å².